The van der Waals surface area contributed by atoms with Crippen molar-refractivity contribution in [3.8, 4) is 0 Å². The lowest BCUT2D eigenvalue weighted by atomic mass is 9.97. The molecule has 0 aromatic heterocycles. The number of isocyanates is 2. The first-order chi connectivity index (χ1) is 8.64. The van der Waals surface area contributed by atoms with Gasteiger partial charge < -0.3 is 10.6 Å². The molecule has 18 heavy (non-hydrogen) atoms. The average molecular weight is 255 g/mol. The number of nitrogens with zero attached hydrogens (tertiary/aromatic N) is 2. The molecule has 102 valence electrons. The molecule has 2 unspecified atom stereocenters. The second-order valence-electron chi connectivity index (χ2n) is 4.03. The van der Waals surface area contributed by atoms with E-state index in [0.717, 1.165) is 6.42 Å². The number of carbonyl (C=O) groups excluding carboxylic acids is 2. The van der Waals surface area contributed by atoms with Crippen molar-refractivity contribution in [2.75, 3.05) is 27.3 Å². The molecule has 7 nitrogen and oxygen atoms in total. The van der Waals surface area contributed by atoms with Crippen LogP contribution in [0.15, 0.2) is 9.98 Å². The van der Waals surface area contributed by atoms with Crippen LogP contribution in [-0.2, 0) is 9.59 Å². The van der Waals surface area contributed by atoms with E-state index >= 15 is 0 Å². The molecule has 0 spiro atoms. The Labute approximate surface area is 107 Å². The third-order valence-electron chi connectivity index (χ3n) is 2.90. The van der Waals surface area contributed by atoms with Crippen LogP contribution >= 0.6 is 0 Å². The Bertz CT molecular complexity index is 299. The molecule has 0 aliphatic carbocycles. The number of nitrogens with one attached hydrogen (secondary N) is 3. The Morgan fingerprint density at radius 2 is 1.89 bits per heavy atom. The third-order valence-corrected chi connectivity index (χ3v) is 2.90. The first kappa shape index (κ1) is 16.6. The van der Waals surface area contributed by atoms with Gasteiger partial charge in [-0.15, -0.1) is 0 Å². The van der Waals surface area contributed by atoms with Gasteiger partial charge in [-0.3, -0.25) is 5.32 Å². The standard InChI is InChI=1S/C11H21N5O2/c1-10(12-2)6-11(13-3,4-5-14-8-17)16-7-15-9-18/h10,12-13,16H,4-7H2,1-3H3. The van der Waals surface area contributed by atoms with Crippen LogP contribution in [0.25, 0.3) is 0 Å². The van der Waals surface area contributed by atoms with Gasteiger partial charge in [0.25, 0.3) is 0 Å². The van der Waals surface area contributed by atoms with Crippen molar-refractivity contribution in [3.05, 3.63) is 0 Å². The van der Waals surface area contributed by atoms with Crippen LogP contribution in [0.1, 0.15) is 19.8 Å². The first-order valence-electron chi connectivity index (χ1n) is 5.82. The van der Waals surface area contributed by atoms with E-state index in [4.69, 9.17) is 0 Å². The van der Waals surface area contributed by atoms with E-state index in [9.17, 15) is 9.59 Å². The molecule has 0 saturated carbocycles. The van der Waals surface area contributed by atoms with Crippen LogP contribution in [0.5, 0.6) is 0 Å². The van der Waals surface area contributed by atoms with E-state index in [2.05, 4.69) is 25.9 Å². The van der Waals surface area contributed by atoms with Crippen LogP contribution in [-0.4, -0.2) is 51.2 Å². The fourth-order valence-electron chi connectivity index (χ4n) is 1.72. The monoisotopic (exact) mass is 255 g/mol. The Kier molecular flexibility index (Phi) is 8.92. The van der Waals surface area contributed by atoms with Crippen LogP contribution < -0.4 is 16.0 Å². The van der Waals surface area contributed by atoms with Crippen LogP contribution in [0.4, 0.5) is 0 Å². The second kappa shape index (κ2) is 9.65. The summed E-state index contributed by atoms with van der Waals surface area (Å²) in [5, 5.41) is 9.45. The number of hydrogen-bond donors (Lipinski definition) is 3. The smallest absolute Gasteiger partial charge is 0.236 e. The van der Waals surface area contributed by atoms with Gasteiger partial charge in [0.05, 0.1) is 12.2 Å². The lowest BCUT2D eigenvalue weighted by molar-refractivity contribution is 0.221. The van der Waals surface area contributed by atoms with Gasteiger partial charge in [0.15, 0.2) is 0 Å². The molecule has 3 N–H and O–H groups in total. The van der Waals surface area contributed by atoms with Crippen molar-refractivity contribution in [3.63, 3.8) is 0 Å². The van der Waals surface area contributed by atoms with Crippen molar-refractivity contribution in [1.29, 1.82) is 0 Å². The molecule has 0 rings (SSSR count). The summed E-state index contributed by atoms with van der Waals surface area (Å²) in [5.41, 5.74) is -0.441. The summed E-state index contributed by atoms with van der Waals surface area (Å²) in [6.07, 6.45) is 4.35. The average Bonchev–Trinajstić information content (AvgIpc) is 2.38. The first-order valence-corrected chi connectivity index (χ1v) is 5.82. The summed E-state index contributed by atoms with van der Waals surface area (Å²) in [7, 11) is 3.68. The predicted molar refractivity (Wildman–Crippen MR) is 68.7 cm³/mol. The fraction of sp³-hybridized carbons (Fsp3) is 0.818. The zero-order valence-electron chi connectivity index (χ0n) is 11.1. The number of rotatable bonds is 10. The molecule has 0 fully saturated rings. The van der Waals surface area contributed by atoms with Crippen molar-refractivity contribution < 1.29 is 9.59 Å². The van der Waals surface area contributed by atoms with E-state index in [1.165, 1.54) is 12.2 Å². The summed E-state index contributed by atoms with van der Waals surface area (Å²) in [5.74, 6) is 0. The van der Waals surface area contributed by atoms with Gasteiger partial charge in [-0.2, -0.15) is 4.99 Å². The van der Waals surface area contributed by atoms with Crippen molar-refractivity contribution in [2.45, 2.75) is 31.5 Å². The molecule has 0 aliphatic heterocycles. The summed E-state index contributed by atoms with van der Waals surface area (Å²) in [4.78, 5) is 27.2. The van der Waals surface area contributed by atoms with Crippen molar-refractivity contribution in [1.82, 2.24) is 16.0 Å². The minimum atomic E-state index is -0.441. The van der Waals surface area contributed by atoms with Gasteiger partial charge in [-0.05, 0) is 33.9 Å². The van der Waals surface area contributed by atoms with E-state index in [1.54, 1.807) is 0 Å². The number of hydrogen-bond acceptors (Lipinski definition) is 7. The highest BCUT2D eigenvalue weighted by Gasteiger charge is 2.28. The van der Waals surface area contributed by atoms with Gasteiger partial charge >= 0.3 is 0 Å². The quantitative estimate of drug-likeness (QED) is 0.278. The Balaban J connectivity index is 4.68. The molecular weight excluding hydrogens is 234 g/mol. The van der Waals surface area contributed by atoms with Crippen molar-refractivity contribution >= 4 is 12.2 Å². The highest BCUT2D eigenvalue weighted by Crippen LogP contribution is 2.14. The maximum absolute atomic E-state index is 10.1. The topological polar surface area (TPSA) is 94.9 Å². The molecule has 7 heteroatoms. The summed E-state index contributed by atoms with van der Waals surface area (Å²) in [6.45, 7) is 2.57. The highest BCUT2D eigenvalue weighted by atomic mass is 16.1. The van der Waals surface area contributed by atoms with Crippen molar-refractivity contribution in [2.24, 2.45) is 9.98 Å². The minimum Gasteiger partial charge on any atom is -0.317 e. The third kappa shape index (κ3) is 6.39. The zero-order chi connectivity index (χ0) is 13.9. The largest absolute Gasteiger partial charge is 0.317 e. The van der Waals surface area contributed by atoms with Gasteiger partial charge in [0.1, 0.15) is 6.67 Å². The predicted octanol–water partition coefficient (Wildman–Crippen LogP) is -0.491. The second-order valence-corrected chi connectivity index (χ2v) is 4.03. The Morgan fingerprint density at radius 3 is 2.39 bits per heavy atom. The minimum absolute atomic E-state index is 0.172. The summed E-state index contributed by atoms with van der Waals surface area (Å²) in [6, 6.07) is 0.255. The lowest BCUT2D eigenvalue weighted by Gasteiger charge is -2.36. The maximum Gasteiger partial charge on any atom is 0.236 e. The summed E-state index contributed by atoms with van der Waals surface area (Å²) < 4.78 is 0. The van der Waals surface area contributed by atoms with Crippen LogP contribution in [0.3, 0.4) is 0 Å². The zero-order valence-corrected chi connectivity index (χ0v) is 11.1. The molecule has 0 aromatic rings. The molecule has 0 amide bonds. The molecule has 0 aliphatic rings. The van der Waals surface area contributed by atoms with E-state index in [1.807, 2.05) is 21.0 Å². The van der Waals surface area contributed by atoms with Gasteiger partial charge in [0.2, 0.25) is 12.2 Å². The normalized spacial score (nSPS) is 15.1. The van der Waals surface area contributed by atoms with E-state index in [0.29, 0.717) is 13.0 Å². The Hall–Kier alpha value is -1.36. The summed E-state index contributed by atoms with van der Waals surface area (Å²) >= 11 is 0. The van der Waals surface area contributed by atoms with Gasteiger partial charge in [-0.1, -0.05) is 0 Å². The SMILES string of the molecule is CNC(C)CC(CCN=C=O)(NC)NCN=C=O. The highest BCUT2D eigenvalue weighted by molar-refractivity contribution is 5.33. The molecule has 0 radical (unpaired) electrons. The fourth-order valence-corrected chi connectivity index (χ4v) is 1.72. The molecular formula is C11H21N5O2. The van der Waals surface area contributed by atoms with E-state index < -0.39 is 5.66 Å². The van der Waals surface area contributed by atoms with Crippen LogP contribution in [0, 0.1) is 0 Å². The van der Waals surface area contributed by atoms with Crippen LogP contribution in [0.2, 0.25) is 0 Å². The van der Waals surface area contributed by atoms with E-state index in [-0.39, 0.29) is 12.7 Å². The molecule has 0 bridgehead atoms. The molecule has 0 aromatic carbocycles. The molecule has 2 atom stereocenters. The maximum atomic E-state index is 10.1. The number of aliphatic imine (C=N–C) groups is 2. The Morgan fingerprint density at radius 1 is 1.22 bits per heavy atom. The van der Waals surface area contributed by atoms with Gasteiger partial charge in [0, 0.05) is 6.04 Å². The van der Waals surface area contributed by atoms with Gasteiger partial charge in [-0.25, -0.2) is 14.6 Å². The molecule has 0 heterocycles. The molecule has 0 saturated heterocycles. The lowest BCUT2D eigenvalue weighted by Crippen LogP contribution is -2.58.